The first-order valence-electron chi connectivity index (χ1n) is 11.2. The number of hydrogen-bond donors (Lipinski definition) is 1. The maximum atomic E-state index is 15.3. The molecule has 0 radical (unpaired) electrons. The third-order valence-electron chi connectivity index (χ3n) is 6.82. The standard InChI is InChI=1S/C27H23F5O2/c1-2-14-3-5-15(6-4-14)16-7-9-17(10-8-16)19-13-20(28)24(27(33)34)26(32)23(19)18-11-21(29)25(31)22(30)12-18/h7-15H,2-6H2,1H3,(H,33,34). The van der Waals surface area contributed by atoms with Crippen molar-refractivity contribution in [2.24, 2.45) is 5.92 Å². The van der Waals surface area contributed by atoms with E-state index in [9.17, 15) is 27.5 Å². The van der Waals surface area contributed by atoms with Gasteiger partial charge in [0.05, 0.1) is 0 Å². The van der Waals surface area contributed by atoms with Crippen LogP contribution < -0.4 is 0 Å². The van der Waals surface area contributed by atoms with Crippen molar-refractivity contribution in [3.8, 4) is 22.3 Å². The minimum Gasteiger partial charge on any atom is -0.477 e. The van der Waals surface area contributed by atoms with Gasteiger partial charge < -0.3 is 5.11 Å². The van der Waals surface area contributed by atoms with Crippen molar-refractivity contribution in [1.82, 2.24) is 0 Å². The van der Waals surface area contributed by atoms with E-state index in [-0.39, 0.29) is 5.56 Å². The van der Waals surface area contributed by atoms with Crippen LogP contribution in [0.1, 0.15) is 60.9 Å². The zero-order valence-electron chi connectivity index (χ0n) is 18.5. The Labute approximate surface area is 194 Å². The fourth-order valence-corrected chi connectivity index (χ4v) is 4.86. The van der Waals surface area contributed by atoms with Crippen LogP contribution in [0.15, 0.2) is 42.5 Å². The summed E-state index contributed by atoms with van der Waals surface area (Å²) in [5.41, 5.74) is -0.885. The summed E-state index contributed by atoms with van der Waals surface area (Å²) >= 11 is 0. The van der Waals surface area contributed by atoms with Crippen LogP contribution in [0.4, 0.5) is 22.0 Å². The molecule has 1 aliphatic carbocycles. The third-order valence-corrected chi connectivity index (χ3v) is 6.82. The molecule has 0 bridgehead atoms. The van der Waals surface area contributed by atoms with E-state index in [0.717, 1.165) is 49.7 Å². The van der Waals surface area contributed by atoms with Gasteiger partial charge in [0, 0.05) is 5.56 Å². The lowest BCUT2D eigenvalue weighted by Crippen LogP contribution is -2.12. The number of aromatic carboxylic acids is 1. The minimum absolute atomic E-state index is 0.0911. The van der Waals surface area contributed by atoms with Gasteiger partial charge in [-0.2, -0.15) is 0 Å². The number of carboxylic acids is 1. The first-order valence-corrected chi connectivity index (χ1v) is 11.2. The summed E-state index contributed by atoms with van der Waals surface area (Å²) in [6.45, 7) is 2.18. The molecule has 0 saturated heterocycles. The normalized spacial score (nSPS) is 18.2. The van der Waals surface area contributed by atoms with E-state index in [2.05, 4.69) is 6.92 Å². The molecule has 2 nitrogen and oxygen atoms in total. The molecular weight excluding hydrogens is 451 g/mol. The molecule has 7 heteroatoms. The van der Waals surface area contributed by atoms with Crippen LogP contribution >= 0.6 is 0 Å². The Morgan fingerprint density at radius 2 is 1.41 bits per heavy atom. The van der Waals surface area contributed by atoms with Crippen molar-refractivity contribution >= 4 is 5.97 Å². The SMILES string of the molecule is CCC1CCC(c2ccc(-c3cc(F)c(C(=O)O)c(F)c3-c3cc(F)c(F)c(F)c3)cc2)CC1. The number of benzene rings is 3. The average Bonchev–Trinajstić information content (AvgIpc) is 2.82. The Balaban J connectivity index is 1.81. The molecule has 0 aromatic heterocycles. The lowest BCUT2D eigenvalue weighted by molar-refractivity contribution is 0.0686. The van der Waals surface area contributed by atoms with E-state index in [1.54, 1.807) is 12.1 Å². The fraction of sp³-hybridized carbons (Fsp3) is 0.296. The van der Waals surface area contributed by atoms with Gasteiger partial charge in [0.25, 0.3) is 0 Å². The number of hydrogen-bond acceptors (Lipinski definition) is 1. The highest BCUT2D eigenvalue weighted by molar-refractivity contribution is 5.94. The lowest BCUT2D eigenvalue weighted by atomic mass is 9.77. The molecule has 1 N–H and O–H groups in total. The van der Waals surface area contributed by atoms with Gasteiger partial charge in [-0.1, -0.05) is 37.6 Å². The van der Waals surface area contributed by atoms with Gasteiger partial charge in [0.1, 0.15) is 17.2 Å². The molecule has 0 aliphatic heterocycles. The number of carbonyl (C=O) groups is 1. The second kappa shape index (κ2) is 9.57. The molecule has 1 saturated carbocycles. The van der Waals surface area contributed by atoms with Crippen LogP contribution in [0.2, 0.25) is 0 Å². The fourth-order valence-electron chi connectivity index (χ4n) is 4.86. The molecule has 1 fully saturated rings. The number of halogens is 5. The lowest BCUT2D eigenvalue weighted by Gasteiger charge is -2.28. The summed E-state index contributed by atoms with van der Waals surface area (Å²) in [5.74, 6) is -8.46. The van der Waals surface area contributed by atoms with Crippen molar-refractivity contribution < 1.29 is 31.9 Å². The van der Waals surface area contributed by atoms with Crippen LogP contribution in [0, 0.1) is 35.0 Å². The molecule has 0 unspecified atom stereocenters. The summed E-state index contributed by atoms with van der Waals surface area (Å²) < 4.78 is 71.2. The number of carboxylic acid groups (broad SMARTS) is 1. The number of rotatable bonds is 5. The Bertz CT molecular complexity index is 1210. The maximum absolute atomic E-state index is 15.3. The highest BCUT2D eigenvalue weighted by Crippen LogP contribution is 2.40. The van der Waals surface area contributed by atoms with Crippen molar-refractivity contribution in [2.45, 2.75) is 44.9 Å². The average molecular weight is 474 g/mol. The maximum Gasteiger partial charge on any atom is 0.341 e. The van der Waals surface area contributed by atoms with E-state index in [4.69, 9.17) is 0 Å². The Hall–Kier alpha value is -3.22. The van der Waals surface area contributed by atoms with Gasteiger partial charge in [-0.3, -0.25) is 0 Å². The van der Waals surface area contributed by atoms with E-state index in [1.165, 1.54) is 0 Å². The first kappa shape index (κ1) is 23.9. The zero-order chi connectivity index (χ0) is 24.6. The van der Waals surface area contributed by atoms with Gasteiger partial charge in [-0.25, -0.2) is 26.7 Å². The van der Waals surface area contributed by atoms with Crippen LogP contribution in [0.5, 0.6) is 0 Å². The second-order valence-corrected chi connectivity index (χ2v) is 8.78. The van der Waals surface area contributed by atoms with Gasteiger partial charge >= 0.3 is 5.97 Å². The van der Waals surface area contributed by atoms with Crippen molar-refractivity contribution in [3.05, 3.63) is 82.7 Å². The highest BCUT2D eigenvalue weighted by Gasteiger charge is 2.27. The van der Waals surface area contributed by atoms with Crippen LogP contribution in [0.25, 0.3) is 22.3 Å². The Kier molecular flexibility index (Phi) is 6.73. The molecule has 0 amide bonds. The molecule has 1 aliphatic rings. The van der Waals surface area contributed by atoms with E-state index >= 15 is 4.39 Å². The van der Waals surface area contributed by atoms with Crippen LogP contribution in [-0.2, 0) is 0 Å². The molecule has 34 heavy (non-hydrogen) atoms. The quantitative estimate of drug-likeness (QED) is 0.300. The third kappa shape index (κ3) is 4.43. The molecule has 3 aromatic carbocycles. The van der Waals surface area contributed by atoms with Gasteiger partial charge in [-0.15, -0.1) is 0 Å². The van der Waals surface area contributed by atoms with E-state index in [0.29, 0.717) is 23.6 Å². The van der Waals surface area contributed by atoms with Crippen molar-refractivity contribution in [1.29, 1.82) is 0 Å². The van der Waals surface area contributed by atoms with E-state index in [1.807, 2.05) is 12.1 Å². The molecule has 4 rings (SSSR count). The van der Waals surface area contributed by atoms with Crippen LogP contribution in [-0.4, -0.2) is 11.1 Å². The Morgan fingerprint density at radius 3 is 1.94 bits per heavy atom. The molecule has 0 atom stereocenters. The minimum atomic E-state index is -1.87. The highest BCUT2D eigenvalue weighted by atomic mass is 19.2. The molecular formula is C27H23F5O2. The molecule has 178 valence electrons. The summed E-state index contributed by atoms with van der Waals surface area (Å²) in [4.78, 5) is 11.4. The van der Waals surface area contributed by atoms with Crippen molar-refractivity contribution in [2.75, 3.05) is 0 Å². The monoisotopic (exact) mass is 474 g/mol. The largest absolute Gasteiger partial charge is 0.477 e. The van der Waals surface area contributed by atoms with Gasteiger partial charge in [-0.05, 0) is 78.0 Å². The predicted octanol–water partition coefficient (Wildman–Crippen LogP) is 8.10. The molecule has 3 aromatic rings. The first-order chi connectivity index (χ1) is 16.2. The topological polar surface area (TPSA) is 37.3 Å². The van der Waals surface area contributed by atoms with Crippen molar-refractivity contribution in [3.63, 3.8) is 0 Å². The van der Waals surface area contributed by atoms with Gasteiger partial charge in [0.2, 0.25) is 0 Å². The van der Waals surface area contributed by atoms with Crippen LogP contribution in [0.3, 0.4) is 0 Å². The Morgan fingerprint density at radius 1 is 0.824 bits per heavy atom. The molecule has 0 heterocycles. The summed E-state index contributed by atoms with van der Waals surface area (Å²) in [7, 11) is 0. The van der Waals surface area contributed by atoms with E-state index < -0.39 is 51.7 Å². The summed E-state index contributed by atoms with van der Waals surface area (Å²) in [6, 6.07) is 8.94. The zero-order valence-corrected chi connectivity index (χ0v) is 18.5. The molecule has 0 spiro atoms. The summed E-state index contributed by atoms with van der Waals surface area (Å²) in [6.07, 6.45) is 5.54. The predicted molar refractivity (Wildman–Crippen MR) is 119 cm³/mol. The smallest absolute Gasteiger partial charge is 0.341 e. The summed E-state index contributed by atoms with van der Waals surface area (Å²) in [5, 5.41) is 9.26. The van der Waals surface area contributed by atoms with Gasteiger partial charge in [0.15, 0.2) is 17.5 Å². The second-order valence-electron chi connectivity index (χ2n) is 8.78.